The van der Waals surface area contributed by atoms with Crippen molar-refractivity contribution < 1.29 is 19.4 Å². The summed E-state index contributed by atoms with van der Waals surface area (Å²) in [6.07, 6.45) is 0.145. The van der Waals surface area contributed by atoms with Gasteiger partial charge in [-0.05, 0) is 56.2 Å². The summed E-state index contributed by atoms with van der Waals surface area (Å²) < 4.78 is 5.77. The lowest BCUT2D eigenvalue weighted by Gasteiger charge is -2.23. The summed E-state index contributed by atoms with van der Waals surface area (Å²) in [6.45, 7) is 5.77. The number of aliphatic carboxylic acids is 1. The summed E-state index contributed by atoms with van der Waals surface area (Å²) in [4.78, 5) is 23.5. The van der Waals surface area contributed by atoms with Crippen molar-refractivity contribution in [3.05, 3.63) is 59.7 Å². The molecule has 0 fully saturated rings. The molecule has 1 unspecified atom stereocenters. The van der Waals surface area contributed by atoms with Crippen LogP contribution in [-0.4, -0.2) is 34.6 Å². The predicted molar refractivity (Wildman–Crippen MR) is 119 cm³/mol. The fourth-order valence-electron chi connectivity index (χ4n) is 2.75. The van der Waals surface area contributed by atoms with E-state index in [1.807, 2.05) is 39.0 Å². The topological polar surface area (TPSA) is 150 Å². The van der Waals surface area contributed by atoms with E-state index in [4.69, 9.17) is 15.9 Å². The largest absolute Gasteiger partial charge is 0.489 e. The first-order valence-corrected chi connectivity index (χ1v) is 9.75. The van der Waals surface area contributed by atoms with Crippen molar-refractivity contribution in [2.75, 3.05) is 5.32 Å². The van der Waals surface area contributed by atoms with Gasteiger partial charge in [0.2, 0.25) is 0 Å². The Kier molecular flexibility index (Phi) is 7.84. The molecule has 2 aromatic carbocycles. The predicted octanol–water partition coefficient (Wildman–Crippen LogP) is 2.66. The van der Waals surface area contributed by atoms with Gasteiger partial charge in [0.05, 0.1) is 0 Å². The highest BCUT2D eigenvalue weighted by Gasteiger charge is 2.22. The number of amides is 2. The number of carbonyl (C=O) groups is 2. The van der Waals surface area contributed by atoms with Crippen molar-refractivity contribution in [2.45, 2.75) is 45.4 Å². The molecule has 31 heavy (non-hydrogen) atoms. The van der Waals surface area contributed by atoms with Gasteiger partial charge >= 0.3 is 12.0 Å². The molecule has 0 saturated carbocycles. The van der Waals surface area contributed by atoms with Crippen LogP contribution in [0.2, 0.25) is 0 Å². The Bertz CT molecular complexity index is 922. The lowest BCUT2D eigenvalue weighted by atomic mass is 10.1. The van der Waals surface area contributed by atoms with E-state index in [1.165, 1.54) is 0 Å². The van der Waals surface area contributed by atoms with E-state index in [0.29, 0.717) is 18.0 Å². The van der Waals surface area contributed by atoms with Gasteiger partial charge in [-0.2, -0.15) is 0 Å². The third kappa shape index (κ3) is 8.65. The number of urea groups is 1. The van der Waals surface area contributed by atoms with Crippen LogP contribution < -0.4 is 26.4 Å². The smallest absolute Gasteiger partial charge is 0.326 e. The van der Waals surface area contributed by atoms with Gasteiger partial charge < -0.3 is 31.5 Å². The van der Waals surface area contributed by atoms with Crippen molar-refractivity contribution >= 4 is 23.6 Å². The highest BCUT2D eigenvalue weighted by molar-refractivity contribution is 5.89. The Labute approximate surface area is 181 Å². The maximum Gasteiger partial charge on any atom is 0.326 e. The molecule has 1 atom stereocenters. The molecule has 7 N–H and O–H groups in total. The Balaban J connectivity index is 1.93. The van der Waals surface area contributed by atoms with Crippen LogP contribution in [0.4, 0.5) is 10.5 Å². The average Bonchev–Trinajstić information content (AvgIpc) is 2.65. The monoisotopic (exact) mass is 427 g/mol. The van der Waals surface area contributed by atoms with Crippen molar-refractivity contribution in [3.63, 3.8) is 0 Å². The van der Waals surface area contributed by atoms with E-state index in [1.54, 1.807) is 30.3 Å². The van der Waals surface area contributed by atoms with Crippen molar-refractivity contribution in [2.24, 2.45) is 5.73 Å². The minimum absolute atomic E-state index is 0.140. The molecule has 0 spiro atoms. The van der Waals surface area contributed by atoms with E-state index in [-0.39, 0.29) is 12.4 Å². The minimum Gasteiger partial charge on any atom is -0.489 e. The molecule has 9 nitrogen and oxygen atoms in total. The second-order valence-corrected chi connectivity index (χ2v) is 8.12. The van der Waals surface area contributed by atoms with Gasteiger partial charge in [-0.1, -0.05) is 24.3 Å². The Morgan fingerprint density at radius 1 is 1.13 bits per heavy atom. The highest BCUT2D eigenvalue weighted by atomic mass is 16.5. The lowest BCUT2D eigenvalue weighted by molar-refractivity contribution is -0.139. The van der Waals surface area contributed by atoms with Gasteiger partial charge in [-0.15, -0.1) is 0 Å². The maximum atomic E-state index is 12.0. The molecule has 9 heteroatoms. The number of hydrogen-bond acceptors (Lipinski definition) is 4. The van der Waals surface area contributed by atoms with Gasteiger partial charge in [-0.3, -0.25) is 5.41 Å². The molecule has 0 aliphatic heterocycles. The van der Waals surface area contributed by atoms with E-state index >= 15 is 0 Å². The zero-order valence-electron chi connectivity index (χ0n) is 17.9. The first kappa shape index (κ1) is 23.5. The Hall–Kier alpha value is -3.75. The first-order chi connectivity index (χ1) is 14.5. The number of carbonyl (C=O) groups excluding carboxylic acids is 1. The quantitative estimate of drug-likeness (QED) is 0.282. The molecule has 0 bridgehead atoms. The van der Waals surface area contributed by atoms with Crippen molar-refractivity contribution in [1.29, 1.82) is 5.41 Å². The lowest BCUT2D eigenvalue weighted by Crippen LogP contribution is -2.52. The molecule has 2 aromatic rings. The van der Waals surface area contributed by atoms with Crippen LogP contribution >= 0.6 is 0 Å². The molecular formula is C22H29N5O4. The number of nitrogens with two attached hydrogens (primary N) is 1. The fourth-order valence-corrected chi connectivity index (χ4v) is 2.75. The number of guanidine groups is 1. The number of nitrogens with one attached hydrogen (secondary N) is 4. The van der Waals surface area contributed by atoms with Gasteiger partial charge in [0.1, 0.15) is 18.4 Å². The number of carboxylic acids is 1. The Morgan fingerprint density at radius 2 is 1.81 bits per heavy atom. The summed E-state index contributed by atoms with van der Waals surface area (Å²) in [5.41, 5.74) is 7.23. The second kappa shape index (κ2) is 10.3. The molecule has 0 heterocycles. The molecule has 0 saturated heterocycles. The van der Waals surface area contributed by atoms with Crippen LogP contribution in [0, 0.1) is 5.41 Å². The summed E-state index contributed by atoms with van der Waals surface area (Å²) in [6, 6.07) is 12.8. The maximum absolute atomic E-state index is 12.0. The fraction of sp³-hybridized carbons (Fsp3) is 0.318. The van der Waals surface area contributed by atoms with E-state index in [0.717, 1.165) is 11.1 Å². The molecule has 2 rings (SSSR count). The zero-order valence-corrected chi connectivity index (χ0v) is 17.9. The van der Waals surface area contributed by atoms with Crippen LogP contribution in [0.1, 0.15) is 31.9 Å². The van der Waals surface area contributed by atoms with Crippen LogP contribution in [0.5, 0.6) is 5.75 Å². The number of hydrogen-bond donors (Lipinski definition) is 6. The minimum atomic E-state index is -1.11. The molecule has 0 aromatic heterocycles. The van der Waals surface area contributed by atoms with Crippen molar-refractivity contribution in [3.8, 4) is 5.75 Å². The molecule has 0 aliphatic rings. The van der Waals surface area contributed by atoms with Crippen LogP contribution in [-0.2, 0) is 17.8 Å². The summed E-state index contributed by atoms with van der Waals surface area (Å²) >= 11 is 0. The molecule has 0 aliphatic carbocycles. The molecule has 0 radical (unpaired) electrons. The Morgan fingerprint density at radius 3 is 2.39 bits per heavy atom. The SMILES string of the molecule is CC(C)(C)NC(=O)NC(Cc1ccc(OCc2cccc(NC(=N)N)c2)cc1)C(=O)O. The van der Waals surface area contributed by atoms with Gasteiger partial charge in [0, 0.05) is 17.6 Å². The third-order valence-electron chi connectivity index (χ3n) is 4.07. The zero-order chi connectivity index (χ0) is 23.0. The second-order valence-electron chi connectivity index (χ2n) is 8.12. The summed E-state index contributed by atoms with van der Waals surface area (Å²) in [5, 5.41) is 24.6. The van der Waals surface area contributed by atoms with E-state index in [2.05, 4.69) is 16.0 Å². The number of benzene rings is 2. The highest BCUT2D eigenvalue weighted by Crippen LogP contribution is 2.17. The molecular weight excluding hydrogens is 398 g/mol. The molecule has 2 amide bonds. The normalized spacial score (nSPS) is 11.8. The van der Waals surface area contributed by atoms with Gasteiger partial charge in [-0.25, -0.2) is 9.59 Å². The number of carboxylic acid groups (broad SMARTS) is 1. The van der Waals surface area contributed by atoms with Crippen LogP contribution in [0.15, 0.2) is 48.5 Å². The summed E-state index contributed by atoms with van der Waals surface area (Å²) in [5.74, 6) is -0.624. The van der Waals surface area contributed by atoms with Crippen LogP contribution in [0.25, 0.3) is 0 Å². The third-order valence-corrected chi connectivity index (χ3v) is 4.07. The van der Waals surface area contributed by atoms with Gasteiger partial charge in [0.15, 0.2) is 5.96 Å². The van der Waals surface area contributed by atoms with Crippen molar-refractivity contribution in [1.82, 2.24) is 10.6 Å². The summed E-state index contributed by atoms with van der Waals surface area (Å²) in [7, 11) is 0. The average molecular weight is 428 g/mol. The van der Waals surface area contributed by atoms with Crippen LogP contribution in [0.3, 0.4) is 0 Å². The first-order valence-electron chi connectivity index (χ1n) is 9.75. The van der Waals surface area contributed by atoms with Gasteiger partial charge in [0.25, 0.3) is 0 Å². The number of ether oxygens (including phenoxy) is 1. The number of anilines is 1. The number of rotatable bonds is 8. The van der Waals surface area contributed by atoms with E-state index in [9.17, 15) is 14.7 Å². The standard InChI is InChI=1S/C22H29N5O4/c1-22(2,3)27-21(30)26-18(19(28)29)12-14-7-9-17(10-8-14)31-13-15-5-4-6-16(11-15)25-20(23)24/h4-11,18H,12-13H2,1-3H3,(H,28,29)(H4,23,24,25)(H2,26,27,30). The molecule has 166 valence electrons. The van der Waals surface area contributed by atoms with E-state index < -0.39 is 23.6 Å².